The number of carbonyl (C=O) groups excluding carboxylic acids is 3. The second-order valence-electron chi connectivity index (χ2n) is 19.8. The summed E-state index contributed by atoms with van der Waals surface area (Å²) in [6.07, 6.45) is 103. The van der Waals surface area contributed by atoms with E-state index in [9.17, 15) is 14.4 Å². The number of carbonyl (C=O) groups is 3. The van der Waals surface area contributed by atoms with Crippen LogP contribution in [0.3, 0.4) is 0 Å². The summed E-state index contributed by atoms with van der Waals surface area (Å²) in [5.41, 5.74) is 0. The first-order valence-corrected chi connectivity index (χ1v) is 31.6. The van der Waals surface area contributed by atoms with E-state index in [4.69, 9.17) is 14.2 Å². The Kier molecular flexibility index (Phi) is 61.6. The molecule has 448 valence electrons. The third kappa shape index (κ3) is 64.7. The zero-order valence-corrected chi connectivity index (χ0v) is 51.2. The highest BCUT2D eigenvalue weighted by molar-refractivity contribution is 5.71. The molecule has 1 unspecified atom stereocenters. The van der Waals surface area contributed by atoms with Gasteiger partial charge in [-0.3, -0.25) is 14.4 Å². The lowest BCUT2D eigenvalue weighted by Gasteiger charge is -2.18. The van der Waals surface area contributed by atoms with Crippen LogP contribution in [0.5, 0.6) is 0 Å². The number of rotatable bonds is 54. The molecular weight excluding hydrogens is 997 g/mol. The van der Waals surface area contributed by atoms with Gasteiger partial charge >= 0.3 is 17.9 Å². The number of esters is 3. The van der Waals surface area contributed by atoms with E-state index < -0.39 is 6.10 Å². The molecule has 0 aromatic carbocycles. The van der Waals surface area contributed by atoms with Crippen LogP contribution in [-0.4, -0.2) is 37.2 Å². The summed E-state index contributed by atoms with van der Waals surface area (Å²) in [4.78, 5) is 38.3. The van der Waals surface area contributed by atoms with Gasteiger partial charge in [0.05, 0.1) is 0 Å². The van der Waals surface area contributed by atoms with Gasteiger partial charge in [0.25, 0.3) is 0 Å². The predicted octanol–water partition coefficient (Wildman–Crippen LogP) is 22.0. The van der Waals surface area contributed by atoms with E-state index in [1.165, 1.54) is 0 Å². The first-order chi connectivity index (χ1) is 40.0. The van der Waals surface area contributed by atoms with Gasteiger partial charge in [0.15, 0.2) is 6.10 Å². The van der Waals surface area contributed by atoms with Crippen LogP contribution in [0.1, 0.15) is 226 Å². The number of unbranched alkanes of at least 4 members (excludes halogenated alkanes) is 9. The standard InChI is InChI=1S/C75H112O6/c1-4-7-10-13-16-19-22-25-28-31-33-35-37-39-41-44-47-50-53-56-59-62-65-68-74(77)80-71-72(70-79-73(76)67-64-61-58-55-52-49-46-43-30-27-24-21-18-15-12-9-6-3)81-75(78)69-66-63-60-57-54-51-48-45-42-40-38-36-34-32-29-26-23-20-17-14-11-8-5-2/h7-12,16-21,25-30,33-36,39-42,46-51,55,58,72H,4-6,13-15,22-24,31-32,37-38,43-45,52-54,56-57,59-71H2,1-3H3/b10-7-,11-8-,12-9-,19-16-,20-17-,21-18-,28-25-,29-26-,30-27-,35-33-,36-34-,41-39-,42-40-,49-46-,50-47-,51-48-,58-55-. The van der Waals surface area contributed by atoms with Crippen molar-refractivity contribution in [1.29, 1.82) is 0 Å². The van der Waals surface area contributed by atoms with Gasteiger partial charge in [-0.15, -0.1) is 0 Å². The molecule has 0 fully saturated rings. The lowest BCUT2D eigenvalue weighted by Crippen LogP contribution is -2.30. The second kappa shape index (κ2) is 66.5. The molecular formula is C75H112O6. The van der Waals surface area contributed by atoms with Gasteiger partial charge in [-0.1, -0.05) is 253 Å². The Labute approximate surface area is 496 Å². The van der Waals surface area contributed by atoms with E-state index in [1.807, 2.05) is 0 Å². The largest absolute Gasteiger partial charge is 0.462 e. The molecule has 0 spiro atoms. The highest BCUT2D eigenvalue weighted by Gasteiger charge is 2.19. The highest BCUT2D eigenvalue weighted by atomic mass is 16.6. The smallest absolute Gasteiger partial charge is 0.306 e. The van der Waals surface area contributed by atoms with Crippen molar-refractivity contribution in [2.75, 3.05) is 13.2 Å². The second-order valence-corrected chi connectivity index (χ2v) is 19.8. The zero-order valence-electron chi connectivity index (χ0n) is 51.2. The topological polar surface area (TPSA) is 78.9 Å². The molecule has 0 aromatic heterocycles. The normalized spacial score (nSPS) is 13.6. The van der Waals surface area contributed by atoms with Crippen molar-refractivity contribution in [2.45, 2.75) is 232 Å². The molecule has 0 N–H and O–H groups in total. The van der Waals surface area contributed by atoms with Crippen molar-refractivity contribution >= 4 is 17.9 Å². The van der Waals surface area contributed by atoms with Crippen molar-refractivity contribution in [3.63, 3.8) is 0 Å². The van der Waals surface area contributed by atoms with Crippen LogP contribution in [0.4, 0.5) is 0 Å². The minimum absolute atomic E-state index is 0.132. The lowest BCUT2D eigenvalue weighted by molar-refractivity contribution is -0.167. The van der Waals surface area contributed by atoms with Crippen LogP contribution in [0, 0.1) is 0 Å². The molecule has 81 heavy (non-hydrogen) atoms. The number of ether oxygens (including phenoxy) is 3. The van der Waals surface area contributed by atoms with Crippen LogP contribution < -0.4 is 0 Å². The Morgan fingerprint density at radius 1 is 0.247 bits per heavy atom. The number of hydrogen-bond donors (Lipinski definition) is 0. The molecule has 0 aliphatic rings. The third-order valence-corrected chi connectivity index (χ3v) is 12.3. The van der Waals surface area contributed by atoms with Crippen LogP contribution in [0.2, 0.25) is 0 Å². The van der Waals surface area contributed by atoms with E-state index in [2.05, 4.69) is 227 Å². The lowest BCUT2D eigenvalue weighted by atomic mass is 10.1. The molecule has 0 saturated carbocycles. The minimum Gasteiger partial charge on any atom is -0.462 e. The average Bonchev–Trinajstić information content (AvgIpc) is 3.47. The monoisotopic (exact) mass is 1110 g/mol. The maximum Gasteiger partial charge on any atom is 0.306 e. The summed E-state index contributed by atoms with van der Waals surface area (Å²) in [6.45, 7) is 6.19. The van der Waals surface area contributed by atoms with Gasteiger partial charge in [0.1, 0.15) is 13.2 Å². The summed E-state index contributed by atoms with van der Waals surface area (Å²) in [5.74, 6) is -1.05. The number of hydrogen-bond acceptors (Lipinski definition) is 6. The first kappa shape index (κ1) is 75.0. The molecule has 6 nitrogen and oxygen atoms in total. The molecule has 0 radical (unpaired) electrons. The van der Waals surface area contributed by atoms with Gasteiger partial charge in [0, 0.05) is 19.3 Å². The summed E-state index contributed by atoms with van der Waals surface area (Å²) in [6, 6.07) is 0. The zero-order chi connectivity index (χ0) is 58.5. The molecule has 6 heteroatoms. The van der Waals surface area contributed by atoms with E-state index in [0.29, 0.717) is 19.3 Å². The van der Waals surface area contributed by atoms with Gasteiger partial charge in [-0.25, -0.2) is 0 Å². The average molecular weight is 1110 g/mol. The molecule has 0 heterocycles. The summed E-state index contributed by atoms with van der Waals surface area (Å²) >= 11 is 0. The highest BCUT2D eigenvalue weighted by Crippen LogP contribution is 2.12. The summed E-state index contributed by atoms with van der Waals surface area (Å²) < 4.78 is 16.8. The van der Waals surface area contributed by atoms with Crippen molar-refractivity contribution in [3.8, 4) is 0 Å². The maximum atomic E-state index is 12.9. The van der Waals surface area contributed by atoms with Gasteiger partial charge < -0.3 is 14.2 Å². The molecule has 0 aliphatic carbocycles. The Hall–Kier alpha value is -6.01. The molecule has 0 aliphatic heterocycles. The molecule has 0 aromatic rings. The minimum atomic E-state index is -0.842. The fourth-order valence-corrected chi connectivity index (χ4v) is 7.66. The molecule has 1 atom stereocenters. The summed E-state index contributed by atoms with van der Waals surface area (Å²) in [7, 11) is 0. The fourth-order valence-electron chi connectivity index (χ4n) is 7.66. The van der Waals surface area contributed by atoms with Crippen LogP contribution in [-0.2, 0) is 28.6 Å². The van der Waals surface area contributed by atoms with Crippen molar-refractivity contribution in [3.05, 3.63) is 207 Å². The Morgan fingerprint density at radius 3 is 0.728 bits per heavy atom. The molecule has 0 rings (SSSR count). The first-order valence-electron chi connectivity index (χ1n) is 31.6. The predicted molar refractivity (Wildman–Crippen MR) is 352 cm³/mol. The Balaban J connectivity index is 4.62. The summed E-state index contributed by atoms with van der Waals surface area (Å²) in [5, 5.41) is 0. The molecule has 0 saturated heterocycles. The maximum absolute atomic E-state index is 12.9. The van der Waals surface area contributed by atoms with E-state index in [1.54, 1.807) is 0 Å². The van der Waals surface area contributed by atoms with E-state index >= 15 is 0 Å². The van der Waals surface area contributed by atoms with Crippen molar-refractivity contribution in [2.24, 2.45) is 0 Å². The number of allylic oxidation sites excluding steroid dienone is 34. The van der Waals surface area contributed by atoms with Crippen LogP contribution >= 0.6 is 0 Å². The van der Waals surface area contributed by atoms with Crippen LogP contribution in [0.15, 0.2) is 207 Å². The quantitative estimate of drug-likeness (QED) is 0.0261. The SMILES string of the molecule is CC/C=C\C/C=C\C/C=C\C/C=C\C/C=C\C/C=C\CCCCCCC(=O)OCC(COC(=O)CCC/C=C\C/C=C\C/C=C\C/C=C\C/C=C\CC)OC(=O)CCCCCC/C=C\C/C=C\C/C=C\C/C=C\C/C=C\C/C=C\CC. The molecule has 0 amide bonds. The Bertz CT molecular complexity index is 2000. The fraction of sp³-hybridized carbons (Fsp3) is 0.507. The van der Waals surface area contributed by atoms with E-state index in [0.717, 1.165) is 173 Å². The van der Waals surface area contributed by atoms with Gasteiger partial charge in [-0.2, -0.15) is 0 Å². The Morgan fingerprint density at radius 2 is 0.457 bits per heavy atom. The van der Waals surface area contributed by atoms with E-state index in [-0.39, 0.29) is 44.0 Å². The van der Waals surface area contributed by atoms with Crippen molar-refractivity contribution < 1.29 is 28.6 Å². The molecule has 0 bridgehead atoms. The van der Waals surface area contributed by atoms with Crippen molar-refractivity contribution in [1.82, 2.24) is 0 Å². The van der Waals surface area contributed by atoms with Crippen LogP contribution in [0.25, 0.3) is 0 Å². The van der Waals surface area contributed by atoms with Gasteiger partial charge in [0.2, 0.25) is 0 Å². The third-order valence-electron chi connectivity index (χ3n) is 12.3. The van der Waals surface area contributed by atoms with Gasteiger partial charge in [-0.05, 0) is 161 Å².